The first-order valence-corrected chi connectivity index (χ1v) is 14.5. The van der Waals surface area contributed by atoms with Crippen LogP contribution in [0.3, 0.4) is 0 Å². The van der Waals surface area contributed by atoms with E-state index in [2.05, 4.69) is 27.0 Å². The second-order valence-electron chi connectivity index (χ2n) is 9.51. The lowest BCUT2D eigenvalue weighted by atomic mass is 10.1. The molecule has 1 heterocycles. The van der Waals surface area contributed by atoms with Crippen LogP contribution in [0.15, 0.2) is 88.4 Å². The largest absolute Gasteiger partial charge is 0.361 e. The lowest BCUT2D eigenvalue weighted by molar-refractivity contribution is -0.132. The van der Waals surface area contributed by atoms with Crippen LogP contribution in [0.5, 0.6) is 0 Å². The number of benzene rings is 3. The summed E-state index contributed by atoms with van der Waals surface area (Å²) in [6, 6.07) is 22.3. The summed E-state index contributed by atoms with van der Waals surface area (Å²) >= 11 is 3.35. The Morgan fingerprint density at radius 3 is 2.32 bits per heavy atom. The van der Waals surface area contributed by atoms with Crippen molar-refractivity contribution in [3.8, 4) is 0 Å². The number of carbonyl (C=O) groups is 1. The van der Waals surface area contributed by atoms with Gasteiger partial charge in [0.25, 0.3) is 0 Å². The molecule has 0 unspecified atom stereocenters. The zero-order chi connectivity index (χ0) is 26.6. The first kappa shape index (κ1) is 27.1. The van der Waals surface area contributed by atoms with Gasteiger partial charge in [0.05, 0.1) is 11.4 Å². The number of H-pyrrole nitrogens is 1. The van der Waals surface area contributed by atoms with Crippen molar-refractivity contribution < 1.29 is 13.2 Å². The van der Waals surface area contributed by atoms with Crippen molar-refractivity contribution in [3.05, 3.63) is 100 Å². The summed E-state index contributed by atoms with van der Waals surface area (Å²) in [6.07, 6.45) is 2.64. The van der Waals surface area contributed by atoms with Gasteiger partial charge in [0, 0.05) is 40.7 Å². The molecule has 0 saturated carbocycles. The molecule has 0 saturated heterocycles. The Kier molecular flexibility index (Phi) is 8.52. The molecule has 0 aliphatic carbocycles. The van der Waals surface area contributed by atoms with Crippen LogP contribution in [0.2, 0.25) is 0 Å². The number of hydrogen-bond donors (Lipinski definition) is 1. The number of aryl methyl sites for hydroxylation is 1. The number of nitrogens with zero attached hydrogens (tertiary/aromatic N) is 2. The van der Waals surface area contributed by atoms with Gasteiger partial charge >= 0.3 is 0 Å². The molecule has 0 radical (unpaired) electrons. The quantitative estimate of drug-likeness (QED) is 0.253. The van der Waals surface area contributed by atoms with Gasteiger partial charge in [-0.2, -0.15) is 4.31 Å². The van der Waals surface area contributed by atoms with Gasteiger partial charge in [0.15, 0.2) is 0 Å². The Morgan fingerprint density at radius 1 is 0.973 bits per heavy atom. The van der Waals surface area contributed by atoms with Crippen molar-refractivity contribution >= 4 is 42.8 Å². The van der Waals surface area contributed by atoms with Gasteiger partial charge < -0.3 is 9.88 Å². The maximum Gasteiger partial charge on any atom is 0.243 e. The van der Waals surface area contributed by atoms with E-state index in [9.17, 15) is 13.2 Å². The van der Waals surface area contributed by atoms with E-state index in [1.807, 2.05) is 55.6 Å². The van der Waals surface area contributed by atoms with Gasteiger partial charge in [0.1, 0.15) is 0 Å². The summed E-state index contributed by atoms with van der Waals surface area (Å²) < 4.78 is 29.0. The summed E-state index contributed by atoms with van der Waals surface area (Å²) in [4.78, 5) is 18.9. The van der Waals surface area contributed by atoms with E-state index in [-0.39, 0.29) is 23.4 Å². The van der Waals surface area contributed by atoms with E-state index in [1.54, 1.807) is 43.0 Å². The molecule has 0 spiro atoms. The van der Waals surface area contributed by atoms with Crippen LogP contribution in [0.4, 0.5) is 0 Å². The molecule has 0 fully saturated rings. The summed E-state index contributed by atoms with van der Waals surface area (Å²) in [5, 5.41) is 1.13. The molecule has 37 heavy (non-hydrogen) atoms. The van der Waals surface area contributed by atoms with Gasteiger partial charge in [-0.1, -0.05) is 64.0 Å². The number of para-hydroxylation sites is 1. The van der Waals surface area contributed by atoms with Crippen LogP contribution in [0, 0.1) is 6.92 Å². The minimum atomic E-state index is -3.85. The monoisotopic (exact) mass is 581 g/mol. The standard InChI is InChI=1S/C29H32BrN3O3S/c1-21(2)33(37(35,36)26-14-12-25(30)13-15-26)20-29(34)32(19-23-10-8-22(3)9-11-23)17-16-24-18-31-28-7-5-4-6-27(24)28/h4-15,18,21,31H,16-17,19-20H2,1-3H3. The average molecular weight is 583 g/mol. The molecule has 3 aromatic carbocycles. The molecule has 4 rings (SSSR count). The van der Waals surface area contributed by atoms with E-state index in [1.165, 1.54) is 4.31 Å². The molecule has 1 aromatic heterocycles. The number of carbonyl (C=O) groups excluding carboxylic acids is 1. The number of aromatic amines is 1. The van der Waals surface area contributed by atoms with Gasteiger partial charge in [-0.15, -0.1) is 0 Å². The molecule has 6 nitrogen and oxygen atoms in total. The topological polar surface area (TPSA) is 73.5 Å². The highest BCUT2D eigenvalue weighted by Crippen LogP contribution is 2.22. The fourth-order valence-corrected chi connectivity index (χ4v) is 6.17. The average Bonchev–Trinajstić information content (AvgIpc) is 3.29. The second-order valence-corrected chi connectivity index (χ2v) is 12.3. The fourth-order valence-electron chi connectivity index (χ4n) is 4.32. The molecule has 0 atom stereocenters. The molecular weight excluding hydrogens is 550 g/mol. The molecular formula is C29H32BrN3O3S. The summed E-state index contributed by atoms with van der Waals surface area (Å²) in [5.74, 6) is -0.227. The summed E-state index contributed by atoms with van der Waals surface area (Å²) in [6.45, 7) is 6.26. The van der Waals surface area contributed by atoms with Gasteiger partial charge in [-0.25, -0.2) is 8.42 Å². The smallest absolute Gasteiger partial charge is 0.243 e. The highest BCUT2D eigenvalue weighted by atomic mass is 79.9. The van der Waals surface area contributed by atoms with Crippen LogP contribution in [0.1, 0.15) is 30.5 Å². The van der Waals surface area contributed by atoms with Crippen molar-refractivity contribution in [2.24, 2.45) is 0 Å². The Morgan fingerprint density at radius 2 is 1.65 bits per heavy atom. The minimum absolute atomic E-state index is 0.168. The van der Waals surface area contributed by atoms with Crippen LogP contribution in [-0.2, 0) is 27.8 Å². The van der Waals surface area contributed by atoms with Gasteiger partial charge in [-0.05, 0) is 68.7 Å². The van der Waals surface area contributed by atoms with Crippen LogP contribution in [0.25, 0.3) is 10.9 Å². The predicted molar refractivity (Wildman–Crippen MR) is 152 cm³/mol. The third kappa shape index (κ3) is 6.50. The Labute approximate surface area is 227 Å². The molecule has 1 N–H and O–H groups in total. The van der Waals surface area contributed by atoms with E-state index < -0.39 is 10.0 Å². The van der Waals surface area contributed by atoms with Crippen molar-refractivity contribution in [2.75, 3.05) is 13.1 Å². The number of sulfonamides is 1. The highest BCUT2D eigenvalue weighted by Gasteiger charge is 2.30. The van der Waals surface area contributed by atoms with Crippen molar-refractivity contribution in [3.63, 3.8) is 0 Å². The van der Waals surface area contributed by atoms with E-state index in [0.717, 1.165) is 32.1 Å². The van der Waals surface area contributed by atoms with Gasteiger partial charge in [0.2, 0.25) is 15.9 Å². The van der Waals surface area contributed by atoms with Crippen molar-refractivity contribution in [1.29, 1.82) is 0 Å². The normalized spacial score (nSPS) is 11.9. The summed E-state index contributed by atoms with van der Waals surface area (Å²) in [7, 11) is -3.85. The Bertz CT molecular complexity index is 1460. The Hall–Kier alpha value is -2.94. The lowest BCUT2D eigenvalue weighted by Gasteiger charge is -2.29. The SMILES string of the molecule is Cc1ccc(CN(CCc2c[nH]c3ccccc23)C(=O)CN(C(C)C)S(=O)(=O)c2ccc(Br)cc2)cc1. The molecule has 0 bridgehead atoms. The van der Waals surface area contributed by atoms with Crippen molar-refractivity contribution in [1.82, 2.24) is 14.2 Å². The molecule has 8 heteroatoms. The third-order valence-corrected chi connectivity index (χ3v) is 9.02. The second kappa shape index (κ2) is 11.6. The predicted octanol–water partition coefficient (Wildman–Crippen LogP) is 5.91. The third-order valence-electron chi connectivity index (χ3n) is 6.46. The zero-order valence-corrected chi connectivity index (χ0v) is 23.7. The van der Waals surface area contributed by atoms with Crippen LogP contribution < -0.4 is 0 Å². The zero-order valence-electron chi connectivity index (χ0n) is 21.3. The molecule has 0 aliphatic heterocycles. The first-order valence-electron chi connectivity index (χ1n) is 12.3. The number of halogens is 1. The number of fused-ring (bicyclic) bond motifs is 1. The van der Waals surface area contributed by atoms with Crippen LogP contribution >= 0.6 is 15.9 Å². The maximum absolute atomic E-state index is 13.7. The number of rotatable bonds is 10. The first-order chi connectivity index (χ1) is 17.6. The number of nitrogens with one attached hydrogen (secondary N) is 1. The number of amides is 1. The Balaban J connectivity index is 1.58. The van der Waals surface area contributed by atoms with Crippen LogP contribution in [-0.4, -0.2) is 47.6 Å². The highest BCUT2D eigenvalue weighted by molar-refractivity contribution is 9.10. The fraction of sp³-hybridized carbons (Fsp3) is 0.276. The minimum Gasteiger partial charge on any atom is -0.361 e. The van der Waals surface area contributed by atoms with E-state index in [4.69, 9.17) is 0 Å². The molecule has 4 aromatic rings. The van der Waals surface area contributed by atoms with Crippen molar-refractivity contribution in [2.45, 2.75) is 44.7 Å². The maximum atomic E-state index is 13.7. The lowest BCUT2D eigenvalue weighted by Crippen LogP contribution is -2.46. The van der Waals surface area contributed by atoms with E-state index in [0.29, 0.717) is 19.5 Å². The molecule has 194 valence electrons. The van der Waals surface area contributed by atoms with E-state index >= 15 is 0 Å². The summed E-state index contributed by atoms with van der Waals surface area (Å²) in [5.41, 5.74) is 4.33. The van der Waals surface area contributed by atoms with Gasteiger partial charge in [-0.3, -0.25) is 4.79 Å². The number of hydrogen-bond acceptors (Lipinski definition) is 3. The molecule has 0 aliphatic rings. The molecule has 1 amide bonds. The number of aromatic nitrogens is 1.